The maximum Gasteiger partial charge on any atom is 0.242 e. The summed E-state index contributed by atoms with van der Waals surface area (Å²) >= 11 is 12.2. The van der Waals surface area contributed by atoms with E-state index in [-0.39, 0.29) is 18.2 Å². The van der Waals surface area contributed by atoms with Crippen LogP contribution >= 0.6 is 23.2 Å². The van der Waals surface area contributed by atoms with E-state index in [1.54, 1.807) is 30.0 Å². The largest absolute Gasteiger partial charge is 0.355 e. The van der Waals surface area contributed by atoms with Crippen LogP contribution in [-0.2, 0) is 22.6 Å². The minimum absolute atomic E-state index is 0.103. The summed E-state index contributed by atoms with van der Waals surface area (Å²) in [6.45, 7) is 6.45. The van der Waals surface area contributed by atoms with Crippen LogP contribution in [0.5, 0.6) is 0 Å². The molecule has 2 rings (SSSR count). The second-order valence-electron chi connectivity index (χ2n) is 6.43. The highest BCUT2D eigenvalue weighted by molar-refractivity contribution is 6.35. The van der Waals surface area contributed by atoms with Gasteiger partial charge in [-0.2, -0.15) is 0 Å². The molecule has 2 aromatic rings. The van der Waals surface area contributed by atoms with Crippen molar-refractivity contribution >= 4 is 35.0 Å². The van der Waals surface area contributed by atoms with Crippen LogP contribution < -0.4 is 5.32 Å². The Morgan fingerprint density at radius 2 is 1.81 bits per heavy atom. The van der Waals surface area contributed by atoms with Gasteiger partial charge in [-0.3, -0.25) is 9.59 Å². The van der Waals surface area contributed by atoms with Gasteiger partial charge in [0.05, 0.1) is 6.42 Å². The number of hydrogen-bond acceptors (Lipinski definition) is 2. The van der Waals surface area contributed by atoms with Crippen molar-refractivity contribution < 1.29 is 9.59 Å². The van der Waals surface area contributed by atoms with Crippen molar-refractivity contribution in [1.29, 1.82) is 0 Å². The molecule has 0 saturated heterocycles. The molecule has 27 heavy (non-hydrogen) atoms. The van der Waals surface area contributed by atoms with Crippen molar-refractivity contribution in [1.82, 2.24) is 10.2 Å². The predicted molar refractivity (Wildman–Crippen MR) is 110 cm³/mol. The lowest BCUT2D eigenvalue weighted by Crippen LogP contribution is -2.48. The summed E-state index contributed by atoms with van der Waals surface area (Å²) in [7, 11) is 0. The second kappa shape index (κ2) is 9.77. The number of rotatable bonds is 7. The van der Waals surface area contributed by atoms with E-state index >= 15 is 0 Å². The lowest BCUT2D eigenvalue weighted by Gasteiger charge is -2.29. The minimum atomic E-state index is -0.594. The van der Waals surface area contributed by atoms with Crippen LogP contribution in [0.25, 0.3) is 0 Å². The van der Waals surface area contributed by atoms with Gasteiger partial charge < -0.3 is 10.2 Å². The molecule has 0 radical (unpaired) electrons. The van der Waals surface area contributed by atoms with Crippen LogP contribution in [0.4, 0.5) is 0 Å². The fourth-order valence-electron chi connectivity index (χ4n) is 2.81. The monoisotopic (exact) mass is 406 g/mol. The fourth-order valence-corrected chi connectivity index (χ4v) is 3.28. The second-order valence-corrected chi connectivity index (χ2v) is 7.27. The van der Waals surface area contributed by atoms with Crippen LogP contribution in [0.1, 0.15) is 30.5 Å². The Labute approximate surface area is 170 Å². The number of amides is 2. The van der Waals surface area contributed by atoms with Crippen molar-refractivity contribution in [3.63, 3.8) is 0 Å². The standard InChI is InChI=1S/C21H24Cl2N2O2/c1-4-24-21(27)15(3)25(13-17-8-6-5-7-14(17)2)20(26)11-16-9-10-18(22)12-19(16)23/h5-10,12,15H,4,11,13H2,1-3H3,(H,24,27)/t15-/m0/s1. The van der Waals surface area contributed by atoms with E-state index in [0.717, 1.165) is 11.1 Å². The highest BCUT2D eigenvalue weighted by Gasteiger charge is 2.26. The van der Waals surface area contributed by atoms with E-state index in [4.69, 9.17) is 23.2 Å². The van der Waals surface area contributed by atoms with Gasteiger partial charge in [-0.1, -0.05) is 53.5 Å². The molecule has 4 nitrogen and oxygen atoms in total. The van der Waals surface area contributed by atoms with Gasteiger partial charge in [0.1, 0.15) is 6.04 Å². The van der Waals surface area contributed by atoms with Crippen LogP contribution in [0, 0.1) is 6.92 Å². The van der Waals surface area contributed by atoms with Crippen molar-refractivity contribution in [2.24, 2.45) is 0 Å². The number of likely N-dealkylation sites (N-methyl/N-ethyl adjacent to an activating group) is 1. The van der Waals surface area contributed by atoms with E-state index in [2.05, 4.69) is 5.32 Å². The zero-order valence-corrected chi connectivity index (χ0v) is 17.3. The zero-order valence-electron chi connectivity index (χ0n) is 15.8. The predicted octanol–water partition coefficient (Wildman–Crippen LogP) is 4.40. The molecule has 0 fully saturated rings. The number of nitrogens with zero attached hydrogens (tertiary/aromatic N) is 1. The molecule has 0 saturated carbocycles. The number of benzene rings is 2. The van der Waals surface area contributed by atoms with Gasteiger partial charge in [0.25, 0.3) is 0 Å². The fraction of sp³-hybridized carbons (Fsp3) is 0.333. The van der Waals surface area contributed by atoms with Crippen LogP contribution in [0.2, 0.25) is 10.0 Å². The summed E-state index contributed by atoms with van der Waals surface area (Å²) in [6.07, 6.45) is 0.103. The summed E-state index contributed by atoms with van der Waals surface area (Å²) in [5, 5.41) is 3.75. The molecule has 144 valence electrons. The van der Waals surface area contributed by atoms with Crippen LogP contribution in [0.3, 0.4) is 0 Å². The SMILES string of the molecule is CCNC(=O)[C@H](C)N(Cc1ccccc1C)C(=O)Cc1ccc(Cl)cc1Cl. The van der Waals surface area contributed by atoms with Crippen molar-refractivity contribution in [3.8, 4) is 0 Å². The van der Waals surface area contributed by atoms with E-state index in [9.17, 15) is 9.59 Å². The maximum atomic E-state index is 13.1. The molecule has 1 atom stereocenters. The number of halogens is 2. The Bertz CT molecular complexity index is 824. The molecule has 2 amide bonds. The highest BCUT2D eigenvalue weighted by Crippen LogP contribution is 2.23. The topological polar surface area (TPSA) is 49.4 Å². The van der Waals surface area contributed by atoms with Gasteiger partial charge in [-0.05, 0) is 49.6 Å². The average Bonchev–Trinajstić information content (AvgIpc) is 2.63. The number of carbonyl (C=O) groups excluding carboxylic acids is 2. The van der Waals surface area contributed by atoms with Gasteiger partial charge in [0.2, 0.25) is 11.8 Å². The summed E-state index contributed by atoms with van der Waals surface area (Å²) in [5.74, 6) is -0.345. The van der Waals surface area contributed by atoms with Gasteiger partial charge in [0, 0.05) is 23.1 Å². The third-order valence-electron chi connectivity index (χ3n) is 4.48. The van der Waals surface area contributed by atoms with E-state index in [1.807, 2.05) is 38.1 Å². The van der Waals surface area contributed by atoms with Crippen molar-refractivity contribution in [2.45, 2.75) is 39.8 Å². The number of nitrogens with one attached hydrogen (secondary N) is 1. The Morgan fingerprint density at radius 1 is 1.11 bits per heavy atom. The molecule has 1 N–H and O–H groups in total. The Morgan fingerprint density at radius 3 is 2.44 bits per heavy atom. The molecular formula is C21H24Cl2N2O2. The molecule has 0 aromatic heterocycles. The molecule has 0 aliphatic rings. The minimum Gasteiger partial charge on any atom is -0.355 e. The third kappa shape index (κ3) is 5.72. The molecule has 0 spiro atoms. The number of hydrogen-bond donors (Lipinski definition) is 1. The molecule has 0 heterocycles. The molecule has 2 aromatic carbocycles. The van der Waals surface area contributed by atoms with Crippen molar-refractivity contribution in [3.05, 3.63) is 69.2 Å². The first-order chi connectivity index (χ1) is 12.8. The lowest BCUT2D eigenvalue weighted by molar-refractivity contribution is -0.140. The normalized spacial score (nSPS) is 11.7. The maximum absolute atomic E-state index is 13.1. The first-order valence-corrected chi connectivity index (χ1v) is 9.64. The smallest absolute Gasteiger partial charge is 0.242 e. The number of carbonyl (C=O) groups is 2. The summed E-state index contributed by atoms with van der Waals surface area (Å²) < 4.78 is 0. The van der Waals surface area contributed by atoms with Gasteiger partial charge in [0.15, 0.2) is 0 Å². The third-order valence-corrected chi connectivity index (χ3v) is 5.06. The Hall–Kier alpha value is -2.04. The molecule has 0 bridgehead atoms. The van der Waals surface area contributed by atoms with E-state index in [1.165, 1.54) is 0 Å². The average molecular weight is 407 g/mol. The van der Waals surface area contributed by atoms with Crippen LogP contribution in [-0.4, -0.2) is 29.3 Å². The van der Waals surface area contributed by atoms with E-state index in [0.29, 0.717) is 28.7 Å². The molecule has 6 heteroatoms. The summed E-state index contributed by atoms with van der Waals surface area (Å²) in [6, 6.07) is 12.3. The summed E-state index contributed by atoms with van der Waals surface area (Å²) in [5.41, 5.74) is 2.76. The van der Waals surface area contributed by atoms with Crippen molar-refractivity contribution in [2.75, 3.05) is 6.54 Å². The summed E-state index contributed by atoms with van der Waals surface area (Å²) in [4.78, 5) is 27.0. The first-order valence-electron chi connectivity index (χ1n) is 8.89. The molecular weight excluding hydrogens is 383 g/mol. The Kier molecular flexibility index (Phi) is 7.69. The molecule has 0 aliphatic heterocycles. The lowest BCUT2D eigenvalue weighted by atomic mass is 10.1. The number of aryl methyl sites for hydroxylation is 1. The first kappa shape index (κ1) is 21.3. The van der Waals surface area contributed by atoms with Gasteiger partial charge in [-0.25, -0.2) is 0 Å². The van der Waals surface area contributed by atoms with Gasteiger partial charge >= 0.3 is 0 Å². The quantitative estimate of drug-likeness (QED) is 0.740. The zero-order chi connectivity index (χ0) is 20.0. The van der Waals surface area contributed by atoms with Gasteiger partial charge in [-0.15, -0.1) is 0 Å². The highest BCUT2D eigenvalue weighted by atomic mass is 35.5. The Balaban J connectivity index is 2.28. The molecule has 0 aliphatic carbocycles. The van der Waals surface area contributed by atoms with Crippen LogP contribution in [0.15, 0.2) is 42.5 Å². The molecule has 0 unspecified atom stereocenters. The van der Waals surface area contributed by atoms with E-state index < -0.39 is 6.04 Å².